The van der Waals surface area contributed by atoms with Gasteiger partial charge in [-0.2, -0.15) is 0 Å². The molecule has 2 rings (SSSR count). The average molecular weight is 216 g/mol. The lowest BCUT2D eigenvalue weighted by Gasteiger charge is -2.04. The Balaban J connectivity index is 1.91. The van der Waals surface area contributed by atoms with Crippen LogP contribution in [0.25, 0.3) is 0 Å². The van der Waals surface area contributed by atoms with E-state index in [2.05, 4.69) is 10.3 Å². The van der Waals surface area contributed by atoms with E-state index in [1.54, 1.807) is 6.20 Å². The summed E-state index contributed by atoms with van der Waals surface area (Å²) < 4.78 is 12.5. The summed E-state index contributed by atoms with van der Waals surface area (Å²) in [6.45, 7) is 2.08. The van der Waals surface area contributed by atoms with Gasteiger partial charge in [0, 0.05) is 17.3 Å². The number of nitrogens with one attached hydrogen (secondary N) is 1. The fourth-order valence-electron chi connectivity index (χ4n) is 1.46. The molecule has 2 heterocycles. The zero-order valence-electron chi connectivity index (χ0n) is 7.23. The van der Waals surface area contributed by atoms with E-state index < -0.39 is 10.8 Å². The van der Waals surface area contributed by atoms with E-state index in [1.165, 1.54) is 11.3 Å². The van der Waals surface area contributed by atoms with Gasteiger partial charge >= 0.3 is 0 Å². The van der Waals surface area contributed by atoms with Gasteiger partial charge in [-0.05, 0) is 25.4 Å². The molecule has 1 aromatic heterocycles. The summed E-state index contributed by atoms with van der Waals surface area (Å²) >= 11 is 1.48. The van der Waals surface area contributed by atoms with E-state index in [0.717, 1.165) is 29.6 Å². The summed E-state index contributed by atoms with van der Waals surface area (Å²) in [5.41, 5.74) is 0. The van der Waals surface area contributed by atoms with Gasteiger partial charge in [0.1, 0.15) is 0 Å². The molecule has 0 saturated carbocycles. The van der Waals surface area contributed by atoms with Crippen molar-refractivity contribution in [3.63, 3.8) is 0 Å². The fourth-order valence-corrected chi connectivity index (χ4v) is 3.66. The molecule has 0 unspecified atom stereocenters. The number of rotatable bonds is 3. The van der Waals surface area contributed by atoms with Crippen LogP contribution in [0.15, 0.2) is 15.9 Å². The molecule has 13 heavy (non-hydrogen) atoms. The van der Waals surface area contributed by atoms with E-state index in [9.17, 15) is 4.21 Å². The Morgan fingerprint density at radius 1 is 1.77 bits per heavy atom. The first kappa shape index (κ1) is 9.30. The van der Waals surface area contributed by atoms with Crippen molar-refractivity contribution in [2.75, 3.05) is 18.8 Å². The van der Waals surface area contributed by atoms with Crippen molar-refractivity contribution in [2.45, 2.75) is 10.8 Å². The maximum absolute atomic E-state index is 11.7. The first-order chi connectivity index (χ1) is 6.36. The van der Waals surface area contributed by atoms with Crippen LogP contribution in [-0.4, -0.2) is 28.0 Å². The first-order valence-electron chi connectivity index (χ1n) is 4.35. The normalized spacial score (nSPS) is 24.8. The Bertz CT molecular complexity index is 280. The van der Waals surface area contributed by atoms with Crippen LogP contribution in [0, 0.1) is 5.92 Å². The molecule has 3 nitrogen and oxygen atoms in total. The van der Waals surface area contributed by atoms with Crippen LogP contribution < -0.4 is 5.32 Å². The number of thiazole rings is 1. The highest BCUT2D eigenvalue weighted by Gasteiger charge is 2.18. The number of hydrogen-bond donors (Lipinski definition) is 1. The van der Waals surface area contributed by atoms with Gasteiger partial charge < -0.3 is 5.32 Å². The maximum Gasteiger partial charge on any atom is 0.180 e. The average Bonchev–Trinajstić information content (AvgIpc) is 2.74. The van der Waals surface area contributed by atoms with Gasteiger partial charge in [-0.3, -0.25) is 4.21 Å². The summed E-state index contributed by atoms with van der Waals surface area (Å²) in [5, 5.41) is 5.15. The van der Waals surface area contributed by atoms with Crippen molar-refractivity contribution >= 4 is 22.1 Å². The Morgan fingerprint density at radius 3 is 3.31 bits per heavy atom. The highest BCUT2D eigenvalue weighted by atomic mass is 32.2. The molecule has 0 bridgehead atoms. The lowest BCUT2D eigenvalue weighted by atomic mass is 10.2. The lowest BCUT2D eigenvalue weighted by Crippen LogP contribution is -2.14. The van der Waals surface area contributed by atoms with Gasteiger partial charge in [0.25, 0.3) is 0 Å². The van der Waals surface area contributed by atoms with Gasteiger partial charge in [0.15, 0.2) is 4.34 Å². The second-order valence-electron chi connectivity index (χ2n) is 3.17. The first-order valence-corrected chi connectivity index (χ1v) is 6.54. The summed E-state index contributed by atoms with van der Waals surface area (Å²) in [6, 6.07) is 0. The summed E-state index contributed by atoms with van der Waals surface area (Å²) in [7, 11) is -0.875. The highest BCUT2D eigenvalue weighted by Crippen LogP contribution is 2.15. The molecule has 0 aromatic carbocycles. The summed E-state index contributed by atoms with van der Waals surface area (Å²) in [4.78, 5) is 4.06. The molecule has 0 amide bonds. The van der Waals surface area contributed by atoms with Crippen LogP contribution in [0.5, 0.6) is 0 Å². The zero-order chi connectivity index (χ0) is 9.10. The van der Waals surface area contributed by atoms with Crippen molar-refractivity contribution in [1.82, 2.24) is 10.3 Å². The predicted molar refractivity (Wildman–Crippen MR) is 54.4 cm³/mol. The molecule has 1 aliphatic heterocycles. The molecular weight excluding hydrogens is 204 g/mol. The molecule has 1 aromatic rings. The number of hydrogen-bond acceptors (Lipinski definition) is 4. The topological polar surface area (TPSA) is 42.0 Å². The summed E-state index contributed by atoms with van der Waals surface area (Å²) in [6.07, 6.45) is 2.86. The Kier molecular flexibility index (Phi) is 3.08. The van der Waals surface area contributed by atoms with E-state index in [0.29, 0.717) is 5.92 Å². The zero-order valence-corrected chi connectivity index (χ0v) is 8.87. The van der Waals surface area contributed by atoms with E-state index >= 15 is 0 Å². The Labute approximate surface area is 84.0 Å². The molecule has 0 radical (unpaired) electrons. The second-order valence-corrected chi connectivity index (χ2v) is 5.73. The minimum Gasteiger partial charge on any atom is -0.316 e. The van der Waals surface area contributed by atoms with Gasteiger partial charge in [0.2, 0.25) is 0 Å². The number of nitrogens with zero attached hydrogens (tertiary/aromatic N) is 1. The van der Waals surface area contributed by atoms with Gasteiger partial charge in [-0.15, -0.1) is 11.3 Å². The van der Waals surface area contributed by atoms with Crippen molar-refractivity contribution in [3.05, 3.63) is 11.6 Å². The molecule has 1 fully saturated rings. The third-order valence-corrected chi connectivity index (χ3v) is 4.83. The Hall–Kier alpha value is -0.260. The fraction of sp³-hybridized carbons (Fsp3) is 0.625. The highest BCUT2D eigenvalue weighted by molar-refractivity contribution is 7.87. The van der Waals surface area contributed by atoms with Gasteiger partial charge in [-0.1, -0.05) is 0 Å². The molecule has 1 saturated heterocycles. The van der Waals surface area contributed by atoms with Crippen LogP contribution in [0.3, 0.4) is 0 Å². The van der Waals surface area contributed by atoms with Gasteiger partial charge in [0.05, 0.1) is 10.8 Å². The monoisotopic (exact) mass is 216 g/mol. The van der Waals surface area contributed by atoms with Crippen molar-refractivity contribution in [2.24, 2.45) is 5.92 Å². The molecule has 0 aliphatic carbocycles. The van der Waals surface area contributed by atoms with Crippen LogP contribution >= 0.6 is 11.3 Å². The maximum atomic E-state index is 11.7. The minimum atomic E-state index is -0.875. The van der Waals surface area contributed by atoms with Crippen LogP contribution in [-0.2, 0) is 10.8 Å². The molecule has 5 heteroatoms. The van der Waals surface area contributed by atoms with E-state index in [-0.39, 0.29) is 0 Å². The van der Waals surface area contributed by atoms with Gasteiger partial charge in [-0.25, -0.2) is 4.98 Å². The summed E-state index contributed by atoms with van der Waals surface area (Å²) in [5.74, 6) is 1.34. The molecule has 2 atom stereocenters. The van der Waals surface area contributed by atoms with Crippen LogP contribution in [0.4, 0.5) is 0 Å². The minimum absolute atomic E-state index is 0.574. The number of aromatic nitrogens is 1. The second kappa shape index (κ2) is 4.30. The molecule has 72 valence electrons. The predicted octanol–water partition coefficient (Wildman–Crippen LogP) is 0.860. The lowest BCUT2D eigenvalue weighted by molar-refractivity contribution is 0.632. The standard InChI is InChI=1S/C8H12N2OS2/c11-13(8-10-3-4-12-8)6-7-1-2-9-5-7/h3-4,7,9H,1-2,5-6H2/t7-,13-/m0/s1. The van der Waals surface area contributed by atoms with Crippen molar-refractivity contribution in [1.29, 1.82) is 0 Å². The third kappa shape index (κ3) is 2.36. The van der Waals surface area contributed by atoms with E-state index in [4.69, 9.17) is 0 Å². The van der Waals surface area contributed by atoms with Crippen LogP contribution in [0.1, 0.15) is 6.42 Å². The SMILES string of the molecule is O=[S@@](C[C@H]1CCNC1)c1nccs1. The molecule has 0 spiro atoms. The Morgan fingerprint density at radius 2 is 2.69 bits per heavy atom. The molecular formula is C8H12N2OS2. The van der Waals surface area contributed by atoms with E-state index in [1.807, 2.05) is 5.38 Å². The largest absolute Gasteiger partial charge is 0.316 e. The molecule has 1 N–H and O–H groups in total. The van der Waals surface area contributed by atoms with Crippen molar-refractivity contribution < 1.29 is 4.21 Å². The third-order valence-electron chi connectivity index (χ3n) is 2.15. The smallest absolute Gasteiger partial charge is 0.180 e. The van der Waals surface area contributed by atoms with Crippen LogP contribution in [0.2, 0.25) is 0 Å². The molecule has 1 aliphatic rings. The quantitative estimate of drug-likeness (QED) is 0.815. The van der Waals surface area contributed by atoms with Crippen molar-refractivity contribution in [3.8, 4) is 0 Å².